The summed E-state index contributed by atoms with van der Waals surface area (Å²) in [4.78, 5) is 38.0. The van der Waals surface area contributed by atoms with Crippen LogP contribution < -0.4 is 0 Å². The van der Waals surface area contributed by atoms with E-state index >= 15 is 0 Å². The van der Waals surface area contributed by atoms with E-state index in [2.05, 4.69) is 32.9 Å². The first kappa shape index (κ1) is 58.1. The lowest BCUT2D eigenvalue weighted by molar-refractivity contribution is -0.167. The Bertz CT molecular complexity index is 931. The number of ether oxygens (including phenoxy) is 3. The van der Waals surface area contributed by atoms with Gasteiger partial charge in [-0.1, -0.05) is 245 Å². The van der Waals surface area contributed by atoms with Gasteiger partial charge in [0, 0.05) is 19.3 Å². The fraction of sp³-hybridized carbons (Fsp3) is 0.907. The van der Waals surface area contributed by atoms with Gasteiger partial charge in [0.15, 0.2) is 6.10 Å². The molecule has 0 aliphatic rings. The van der Waals surface area contributed by atoms with Crippen LogP contribution in [-0.2, 0) is 28.6 Å². The summed E-state index contributed by atoms with van der Waals surface area (Å²) < 4.78 is 16.8. The van der Waals surface area contributed by atoms with E-state index in [-0.39, 0.29) is 31.1 Å². The largest absolute Gasteiger partial charge is 0.462 e. The summed E-state index contributed by atoms with van der Waals surface area (Å²) in [6, 6.07) is 0. The van der Waals surface area contributed by atoms with Crippen LogP contribution in [0.1, 0.15) is 297 Å². The van der Waals surface area contributed by atoms with E-state index in [1.165, 1.54) is 193 Å². The first-order chi connectivity index (χ1) is 29.5. The van der Waals surface area contributed by atoms with Crippen LogP contribution in [0.2, 0.25) is 0 Å². The standard InChI is InChI=1S/C54H102O6/c1-4-7-10-13-16-19-22-25-27-30-32-35-38-41-44-47-53(56)59-50-51(49-58-52(55)46-43-40-37-34-31-28-24-21-18-15-12-9-6-3)60-54(57)48-45-42-39-36-33-29-26-23-20-17-14-11-8-5-2/h21,24,51H,4-20,22-23,25-50H2,1-3H3/b24-21-. The highest BCUT2D eigenvalue weighted by Crippen LogP contribution is 2.16. The lowest BCUT2D eigenvalue weighted by atomic mass is 10.0. The third kappa shape index (κ3) is 47.2. The Kier molecular flexibility index (Phi) is 48.3. The maximum Gasteiger partial charge on any atom is 0.306 e. The second-order valence-electron chi connectivity index (χ2n) is 18.2. The lowest BCUT2D eigenvalue weighted by Gasteiger charge is -2.18. The smallest absolute Gasteiger partial charge is 0.306 e. The molecule has 0 aliphatic heterocycles. The Labute approximate surface area is 373 Å². The predicted molar refractivity (Wildman–Crippen MR) is 256 cm³/mol. The van der Waals surface area contributed by atoms with Gasteiger partial charge in [-0.3, -0.25) is 14.4 Å². The van der Waals surface area contributed by atoms with Crippen molar-refractivity contribution >= 4 is 17.9 Å². The molecule has 0 saturated carbocycles. The Balaban J connectivity index is 4.33. The van der Waals surface area contributed by atoms with Gasteiger partial charge >= 0.3 is 17.9 Å². The van der Waals surface area contributed by atoms with Crippen molar-refractivity contribution in [2.75, 3.05) is 13.2 Å². The topological polar surface area (TPSA) is 78.9 Å². The summed E-state index contributed by atoms with van der Waals surface area (Å²) in [5, 5.41) is 0. The molecule has 1 unspecified atom stereocenters. The molecule has 6 nitrogen and oxygen atoms in total. The molecule has 0 saturated heterocycles. The molecule has 0 heterocycles. The molecule has 0 fully saturated rings. The average molecular weight is 847 g/mol. The van der Waals surface area contributed by atoms with E-state index in [1.54, 1.807) is 0 Å². The molecule has 60 heavy (non-hydrogen) atoms. The van der Waals surface area contributed by atoms with Crippen LogP contribution in [-0.4, -0.2) is 37.2 Å². The number of hydrogen-bond donors (Lipinski definition) is 0. The van der Waals surface area contributed by atoms with Gasteiger partial charge in [0.1, 0.15) is 13.2 Å². The first-order valence-corrected chi connectivity index (χ1v) is 26.7. The van der Waals surface area contributed by atoms with E-state index in [1.807, 2.05) is 0 Å². The van der Waals surface area contributed by atoms with Crippen LogP contribution in [0.3, 0.4) is 0 Å². The second-order valence-corrected chi connectivity index (χ2v) is 18.2. The molecule has 0 spiro atoms. The number of allylic oxidation sites excluding steroid dienone is 2. The van der Waals surface area contributed by atoms with Gasteiger partial charge in [0.2, 0.25) is 0 Å². The van der Waals surface area contributed by atoms with Crippen molar-refractivity contribution in [3.63, 3.8) is 0 Å². The third-order valence-corrected chi connectivity index (χ3v) is 12.0. The van der Waals surface area contributed by atoms with Crippen molar-refractivity contribution in [2.45, 2.75) is 303 Å². The second kappa shape index (κ2) is 49.8. The highest BCUT2D eigenvalue weighted by atomic mass is 16.6. The fourth-order valence-electron chi connectivity index (χ4n) is 7.97. The Morgan fingerprint density at radius 2 is 0.550 bits per heavy atom. The molecular weight excluding hydrogens is 745 g/mol. The number of rotatable bonds is 49. The maximum absolute atomic E-state index is 12.8. The number of hydrogen-bond acceptors (Lipinski definition) is 6. The summed E-state index contributed by atoms with van der Waals surface area (Å²) in [5.41, 5.74) is 0. The molecule has 0 aliphatic carbocycles. The van der Waals surface area contributed by atoms with E-state index < -0.39 is 6.10 Å². The predicted octanol–water partition coefficient (Wildman–Crippen LogP) is 17.4. The SMILES string of the molecule is CCCCCC/C=C\CCCCCCCC(=O)OCC(COC(=O)CCCCCCCCCCCCCCCCC)OC(=O)CCCCCCCCCCCCCCCC. The van der Waals surface area contributed by atoms with E-state index in [0.717, 1.165) is 64.2 Å². The molecule has 0 aromatic rings. The minimum atomic E-state index is -0.766. The van der Waals surface area contributed by atoms with Crippen molar-refractivity contribution < 1.29 is 28.6 Å². The van der Waals surface area contributed by atoms with Crippen LogP contribution in [0, 0.1) is 0 Å². The van der Waals surface area contributed by atoms with Crippen LogP contribution in [0.5, 0.6) is 0 Å². The minimum absolute atomic E-state index is 0.0669. The Hall–Kier alpha value is -1.85. The van der Waals surface area contributed by atoms with Gasteiger partial charge in [-0.15, -0.1) is 0 Å². The molecule has 0 aromatic heterocycles. The quantitative estimate of drug-likeness (QED) is 0.0263. The van der Waals surface area contributed by atoms with Crippen LogP contribution in [0.4, 0.5) is 0 Å². The van der Waals surface area contributed by atoms with Gasteiger partial charge in [0.05, 0.1) is 0 Å². The minimum Gasteiger partial charge on any atom is -0.462 e. The zero-order chi connectivity index (χ0) is 43.7. The molecule has 0 radical (unpaired) electrons. The van der Waals surface area contributed by atoms with E-state index in [9.17, 15) is 14.4 Å². The van der Waals surface area contributed by atoms with Gasteiger partial charge in [0.25, 0.3) is 0 Å². The number of carbonyl (C=O) groups is 3. The van der Waals surface area contributed by atoms with Gasteiger partial charge in [-0.2, -0.15) is 0 Å². The van der Waals surface area contributed by atoms with Crippen molar-refractivity contribution in [2.24, 2.45) is 0 Å². The molecule has 0 amide bonds. The normalized spacial score (nSPS) is 12.0. The van der Waals surface area contributed by atoms with Crippen LogP contribution >= 0.6 is 0 Å². The molecule has 0 rings (SSSR count). The van der Waals surface area contributed by atoms with E-state index in [4.69, 9.17) is 14.2 Å². The first-order valence-electron chi connectivity index (χ1n) is 26.7. The molecule has 0 N–H and O–H groups in total. The zero-order valence-electron chi connectivity index (χ0n) is 40.5. The fourth-order valence-corrected chi connectivity index (χ4v) is 7.97. The highest BCUT2D eigenvalue weighted by Gasteiger charge is 2.19. The maximum atomic E-state index is 12.8. The highest BCUT2D eigenvalue weighted by molar-refractivity contribution is 5.71. The van der Waals surface area contributed by atoms with Crippen LogP contribution in [0.25, 0.3) is 0 Å². The molecule has 0 bridgehead atoms. The molecule has 354 valence electrons. The van der Waals surface area contributed by atoms with Crippen molar-refractivity contribution in [1.82, 2.24) is 0 Å². The van der Waals surface area contributed by atoms with Crippen molar-refractivity contribution in [3.8, 4) is 0 Å². The van der Waals surface area contributed by atoms with Crippen molar-refractivity contribution in [3.05, 3.63) is 12.2 Å². The van der Waals surface area contributed by atoms with Crippen molar-refractivity contribution in [1.29, 1.82) is 0 Å². The van der Waals surface area contributed by atoms with E-state index in [0.29, 0.717) is 19.3 Å². The molecule has 6 heteroatoms. The zero-order valence-corrected chi connectivity index (χ0v) is 40.5. The van der Waals surface area contributed by atoms with Gasteiger partial charge in [-0.05, 0) is 44.9 Å². The molecule has 0 aromatic carbocycles. The number of esters is 3. The number of unbranched alkanes of at least 4 members (excludes halogenated alkanes) is 36. The summed E-state index contributed by atoms with van der Waals surface area (Å²) in [6.07, 6.45) is 54.7. The summed E-state index contributed by atoms with van der Waals surface area (Å²) in [7, 11) is 0. The molecular formula is C54H102O6. The summed E-state index contributed by atoms with van der Waals surface area (Å²) in [5.74, 6) is -0.857. The summed E-state index contributed by atoms with van der Waals surface area (Å²) in [6.45, 7) is 6.66. The van der Waals surface area contributed by atoms with Gasteiger partial charge in [-0.25, -0.2) is 0 Å². The Morgan fingerprint density at radius 1 is 0.317 bits per heavy atom. The summed E-state index contributed by atoms with van der Waals surface area (Å²) >= 11 is 0. The lowest BCUT2D eigenvalue weighted by Crippen LogP contribution is -2.30. The van der Waals surface area contributed by atoms with Crippen LogP contribution in [0.15, 0.2) is 12.2 Å². The molecule has 1 atom stereocenters. The monoisotopic (exact) mass is 847 g/mol. The third-order valence-electron chi connectivity index (χ3n) is 12.0. The van der Waals surface area contributed by atoms with Gasteiger partial charge < -0.3 is 14.2 Å². The number of carbonyl (C=O) groups excluding carboxylic acids is 3. The Morgan fingerprint density at radius 3 is 0.850 bits per heavy atom. The average Bonchev–Trinajstić information content (AvgIpc) is 3.24.